The fourth-order valence-electron chi connectivity index (χ4n) is 12.1. The average Bonchev–Trinajstić information content (AvgIpc) is 3.85. The molecule has 0 saturated carbocycles. The van der Waals surface area contributed by atoms with E-state index in [4.69, 9.17) is 0 Å². The number of benzene rings is 9. The minimum absolute atomic E-state index is 0.0648. The summed E-state index contributed by atoms with van der Waals surface area (Å²) in [7, 11) is 0. The topological polar surface area (TPSA) is 16.3 Å². The largest absolute Gasteiger partial charge is 0.375 e. The second kappa shape index (κ2) is 11.9. The maximum absolute atomic E-state index is 2.69. The molecule has 0 N–H and O–H groups in total. The van der Waals surface area contributed by atoms with Crippen molar-refractivity contribution in [2.75, 3.05) is 16.1 Å². The van der Waals surface area contributed by atoms with Crippen LogP contribution in [0.1, 0.15) is 0 Å². The molecule has 0 saturated heterocycles. The average molecular weight is 805 g/mol. The van der Waals surface area contributed by atoms with E-state index in [9.17, 15) is 0 Å². The second-order valence-corrected chi connectivity index (χ2v) is 18.0. The number of fused-ring (bicyclic) bond motifs is 15. The quantitative estimate of drug-likeness (QED) is 0.131. The van der Waals surface area contributed by atoms with Crippen LogP contribution in [-0.2, 0) is 0 Å². The third kappa shape index (κ3) is 3.99. The molecule has 0 aliphatic carbocycles. The Labute approximate surface area is 363 Å². The van der Waals surface area contributed by atoms with Gasteiger partial charge in [0.15, 0.2) is 0 Å². The van der Waals surface area contributed by atoms with Crippen molar-refractivity contribution in [2.45, 2.75) is 4.90 Å². The Balaban J connectivity index is 1.19. The first-order valence-electron chi connectivity index (χ1n) is 21.5. The van der Waals surface area contributed by atoms with Gasteiger partial charge in [-0.1, -0.05) is 127 Å². The number of hydrogen-bond acceptors (Lipinski definition) is 3. The fourth-order valence-corrected chi connectivity index (χ4v) is 12.5. The number of hydrogen-bond donors (Lipinski definition) is 0. The van der Waals surface area contributed by atoms with Crippen molar-refractivity contribution >= 4 is 125 Å². The van der Waals surface area contributed by atoms with Crippen molar-refractivity contribution in [1.29, 1.82) is 0 Å². The molecule has 0 fully saturated rings. The SMILES string of the molecule is CSc1ccc2c(c1)N(c1ccccc1)c1cc3c(c4c1B2n1c2ccccc2c2cccc-4c21)N(c1ccccc1)c1cccc2c1B3n1c3ccccc3c3cccc-2c31. The summed E-state index contributed by atoms with van der Waals surface area (Å²) in [4.78, 5) is 6.45. The molecule has 4 aliphatic rings. The van der Waals surface area contributed by atoms with E-state index in [-0.39, 0.29) is 13.7 Å². The molecule has 0 bridgehead atoms. The van der Waals surface area contributed by atoms with Gasteiger partial charge in [0.05, 0.1) is 5.69 Å². The van der Waals surface area contributed by atoms with Gasteiger partial charge in [-0.05, 0) is 94.3 Å². The molecule has 62 heavy (non-hydrogen) atoms. The van der Waals surface area contributed by atoms with Crippen molar-refractivity contribution in [2.24, 2.45) is 0 Å². The van der Waals surface area contributed by atoms with E-state index in [1.165, 1.54) is 115 Å². The summed E-state index contributed by atoms with van der Waals surface area (Å²) in [5, 5.41) is 5.19. The summed E-state index contributed by atoms with van der Waals surface area (Å²) in [6, 6.07) is 71.0. The lowest BCUT2D eigenvalue weighted by Gasteiger charge is -2.46. The molecule has 7 heteroatoms. The van der Waals surface area contributed by atoms with Gasteiger partial charge in [-0.25, -0.2) is 0 Å². The highest BCUT2D eigenvalue weighted by Gasteiger charge is 2.49. The molecule has 0 atom stereocenters. The number of rotatable bonds is 3. The molecule has 0 amide bonds. The van der Waals surface area contributed by atoms with E-state index in [2.05, 4.69) is 213 Å². The molecule has 9 aromatic carbocycles. The number of anilines is 6. The Morgan fingerprint density at radius 3 is 1.66 bits per heavy atom. The van der Waals surface area contributed by atoms with Gasteiger partial charge in [-0.15, -0.1) is 11.8 Å². The van der Waals surface area contributed by atoms with Gasteiger partial charge >= 0.3 is 13.7 Å². The van der Waals surface area contributed by atoms with Crippen LogP contribution in [0.4, 0.5) is 34.1 Å². The van der Waals surface area contributed by atoms with Gasteiger partial charge in [0, 0.05) is 93.6 Å². The molecule has 4 nitrogen and oxygen atoms in total. The van der Waals surface area contributed by atoms with Crippen LogP contribution in [0.2, 0.25) is 0 Å². The normalized spacial score (nSPS) is 13.8. The summed E-state index contributed by atoms with van der Waals surface area (Å²) in [6.07, 6.45) is 2.19. The van der Waals surface area contributed by atoms with Gasteiger partial charge in [0.25, 0.3) is 0 Å². The van der Waals surface area contributed by atoms with Crippen molar-refractivity contribution in [1.82, 2.24) is 8.96 Å². The summed E-state index contributed by atoms with van der Waals surface area (Å²) in [5.74, 6) is 0. The number of thioether (sulfide) groups is 1. The van der Waals surface area contributed by atoms with Crippen LogP contribution in [0, 0.1) is 0 Å². The highest BCUT2D eigenvalue weighted by atomic mass is 32.2. The van der Waals surface area contributed by atoms with Crippen molar-refractivity contribution in [3.63, 3.8) is 0 Å². The summed E-state index contributed by atoms with van der Waals surface area (Å²) in [5.41, 5.74) is 22.9. The molecular formula is C55H34B2N4S. The number of para-hydroxylation sites is 6. The Bertz CT molecular complexity index is 3780. The summed E-state index contributed by atoms with van der Waals surface area (Å²) >= 11 is 1.81. The van der Waals surface area contributed by atoms with E-state index < -0.39 is 0 Å². The molecule has 0 radical (unpaired) electrons. The van der Waals surface area contributed by atoms with Crippen LogP contribution in [0.15, 0.2) is 193 Å². The van der Waals surface area contributed by atoms with E-state index >= 15 is 0 Å². The van der Waals surface area contributed by atoms with Crippen LogP contribution in [0.5, 0.6) is 0 Å². The lowest BCUT2D eigenvalue weighted by atomic mass is 9.41. The van der Waals surface area contributed by atoms with E-state index in [0.717, 1.165) is 11.4 Å². The van der Waals surface area contributed by atoms with Gasteiger partial charge in [0.2, 0.25) is 0 Å². The first-order valence-corrected chi connectivity index (χ1v) is 22.8. The maximum Gasteiger partial charge on any atom is 0.333 e. The zero-order chi connectivity index (χ0) is 40.4. The van der Waals surface area contributed by atoms with Crippen molar-refractivity contribution in [3.8, 4) is 22.3 Å². The Hall–Kier alpha value is -7.34. The molecule has 4 aliphatic heterocycles. The van der Waals surface area contributed by atoms with E-state index in [1.54, 1.807) is 0 Å². The lowest BCUT2D eigenvalue weighted by molar-refractivity contribution is 1.22. The minimum atomic E-state index is -0.0861. The smallest absolute Gasteiger partial charge is 0.333 e. The van der Waals surface area contributed by atoms with Gasteiger partial charge in [-0.3, -0.25) is 0 Å². The zero-order valence-corrected chi connectivity index (χ0v) is 34.6. The van der Waals surface area contributed by atoms with E-state index in [0.29, 0.717) is 0 Å². The van der Waals surface area contributed by atoms with Crippen LogP contribution in [0.3, 0.4) is 0 Å². The molecule has 0 spiro atoms. The third-order valence-electron chi connectivity index (χ3n) is 14.3. The minimum Gasteiger partial charge on any atom is -0.375 e. The Morgan fingerprint density at radius 2 is 0.968 bits per heavy atom. The second-order valence-electron chi connectivity index (χ2n) is 17.1. The molecule has 2 aromatic heterocycles. The predicted molar refractivity (Wildman–Crippen MR) is 265 cm³/mol. The molecule has 15 rings (SSSR count). The first-order chi connectivity index (χ1) is 30.8. The first kappa shape index (κ1) is 33.4. The van der Waals surface area contributed by atoms with Crippen LogP contribution in [0.25, 0.3) is 65.9 Å². The standard InChI is InChI=1S/C55H34B2N4S/c1-62-35-29-30-43-48(31-35)58(33-15-4-2-5-16-33)49-32-44-55(50-42-25-13-23-40-37-20-9-11-27-46(37)61(54(40)42)56(43)52(49)50)59(34-17-6-3-7-18-34)47-28-14-21-38-41-24-12-22-39-36-19-8-10-26-45(36)60(53(39)41)57(44)51(38)47/h2-32H,1H3. The Morgan fingerprint density at radius 1 is 0.403 bits per heavy atom. The third-order valence-corrected chi connectivity index (χ3v) is 15.0. The zero-order valence-electron chi connectivity index (χ0n) is 33.7. The molecule has 286 valence electrons. The molecule has 11 aromatic rings. The Kier molecular flexibility index (Phi) is 6.43. The maximum atomic E-state index is 2.69. The fraction of sp³-hybridized carbons (Fsp3) is 0.0182. The van der Waals surface area contributed by atoms with Crippen molar-refractivity contribution in [3.05, 3.63) is 188 Å². The monoisotopic (exact) mass is 804 g/mol. The number of nitrogens with zero attached hydrogens (tertiary/aromatic N) is 4. The lowest BCUT2D eigenvalue weighted by Crippen LogP contribution is -2.61. The van der Waals surface area contributed by atoms with Crippen LogP contribution < -0.4 is 31.7 Å². The van der Waals surface area contributed by atoms with Crippen molar-refractivity contribution < 1.29 is 0 Å². The highest BCUT2D eigenvalue weighted by Crippen LogP contribution is 2.52. The highest BCUT2D eigenvalue weighted by molar-refractivity contribution is 7.98. The van der Waals surface area contributed by atoms with E-state index in [1.807, 2.05) is 11.8 Å². The molecule has 6 heterocycles. The molecular weight excluding hydrogens is 770 g/mol. The van der Waals surface area contributed by atoms with Gasteiger partial charge < -0.3 is 18.8 Å². The number of aromatic nitrogens is 2. The van der Waals surface area contributed by atoms with Gasteiger partial charge in [0.1, 0.15) is 0 Å². The predicted octanol–water partition coefficient (Wildman–Crippen LogP) is 11.5. The molecule has 0 unspecified atom stereocenters. The van der Waals surface area contributed by atoms with Crippen LogP contribution in [-0.4, -0.2) is 28.9 Å². The summed E-state index contributed by atoms with van der Waals surface area (Å²) < 4.78 is 5.37. The van der Waals surface area contributed by atoms with Gasteiger partial charge in [-0.2, -0.15) is 0 Å². The summed E-state index contributed by atoms with van der Waals surface area (Å²) in [6.45, 7) is -0.151. The van der Waals surface area contributed by atoms with Crippen LogP contribution >= 0.6 is 11.8 Å².